The van der Waals surface area contributed by atoms with Crippen molar-refractivity contribution in [1.82, 2.24) is 4.57 Å². The molecule has 0 aliphatic heterocycles. The minimum absolute atomic E-state index is 0.0911. The maximum Gasteiger partial charge on any atom is 0.224 e. The lowest BCUT2D eigenvalue weighted by atomic mass is 9.99. The van der Waals surface area contributed by atoms with E-state index in [9.17, 15) is 15.2 Å². The molecule has 0 aliphatic carbocycles. The zero-order valence-corrected chi connectivity index (χ0v) is 15.4. The molecule has 0 radical (unpaired) electrons. The summed E-state index contributed by atoms with van der Waals surface area (Å²) in [4.78, 5) is 12.2. The predicted molar refractivity (Wildman–Crippen MR) is 101 cm³/mol. The van der Waals surface area contributed by atoms with Crippen molar-refractivity contribution >= 4 is 0 Å². The number of nitriles is 1. The van der Waals surface area contributed by atoms with Crippen molar-refractivity contribution in [1.29, 1.82) is 5.26 Å². The molecule has 1 aromatic heterocycles. The maximum absolute atomic E-state index is 12.2. The second kappa shape index (κ2) is 9.67. The third kappa shape index (κ3) is 5.13. The molecule has 138 valence electrons. The van der Waals surface area contributed by atoms with Gasteiger partial charge in [0.25, 0.3) is 0 Å². The molecule has 2 rings (SSSR count). The Morgan fingerprint density at radius 2 is 1.96 bits per heavy atom. The largest absolute Gasteiger partial charge is 0.508 e. The molecule has 1 heterocycles. The zero-order chi connectivity index (χ0) is 18.9. The number of unbranched alkanes of at least 4 members (excludes halogenated alkanes) is 1. The van der Waals surface area contributed by atoms with E-state index in [2.05, 4.69) is 19.9 Å². The Labute approximate surface area is 154 Å². The van der Waals surface area contributed by atoms with Crippen LogP contribution in [0.25, 0.3) is 0 Å². The molecule has 1 atom stereocenters. The van der Waals surface area contributed by atoms with Crippen molar-refractivity contribution in [3.8, 4) is 17.6 Å². The van der Waals surface area contributed by atoms with E-state index >= 15 is 0 Å². The third-order valence-corrected chi connectivity index (χ3v) is 4.56. The summed E-state index contributed by atoms with van der Waals surface area (Å²) in [5.41, 5.74) is 0.792. The minimum Gasteiger partial charge on any atom is -0.508 e. The van der Waals surface area contributed by atoms with Crippen molar-refractivity contribution in [3.63, 3.8) is 0 Å². The van der Waals surface area contributed by atoms with E-state index in [-0.39, 0.29) is 29.2 Å². The van der Waals surface area contributed by atoms with Crippen LogP contribution in [-0.4, -0.2) is 9.67 Å². The minimum atomic E-state index is -0.293. The second-order valence-electron chi connectivity index (χ2n) is 6.49. The lowest BCUT2D eigenvalue weighted by molar-refractivity contribution is 0.296. The van der Waals surface area contributed by atoms with E-state index in [1.807, 2.05) is 4.57 Å². The summed E-state index contributed by atoms with van der Waals surface area (Å²) in [5.74, 6) is 0.731. The molecule has 0 spiro atoms. The van der Waals surface area contributed by atoms with Crippen LogP contribution < -0.4 is 10.2 Å². The quantitative estimate of drug-likeness (QED) is 0.731. The Morgan fingerprint density at radius 3 is 2.58 bits per heavy atom. The molecule has 1 unspecified atom stereocenters. The number of benzene rings is 1. The fourth-order valence-corrected chi connectivity index (χ4v) is 2.90. The van der Waals surface area contributed by atoms with E-state index in [0.717, 1.165) is 31.2 Å². The smallest absolute Gasteiger partial charge is 0.224 e. The first kappa shape index (κ1) is 19.6. The van der Waals surface area contributed by atoms with Crippen LogP contribution in [-0.2, 0) is 13.2 Å². The number of nitrogens with zero attached hydrogens (tertiary/aromatic N) is 2. The molecule has 5 nitrogen and oxygen atoms in total. The first-order chi connectivity index (χ1) is 12.6. The Balaban J connectivity index is 2.21. The van der Waals surface area contributed by atoms with Gasteiger partial charge >= 0.3 is 0 Å². The van der Waals surface area contributed by atoms with Crippen LogP contribution in [0.5, 0.6) is 11.5 Å². The highest BCUT2D eigenvalue weighted by Gasteiger charge is 2.15. The molecule has 5 heteroatoms. The van der Waals surface area contributed by atoms with Crippen LogP contribution in [0.2, 0.25) is 0 Å². The second-order valence-corrected chi connectivity index (χ2v) is 6.49. The number of hydrogen-bond acceptors (Lipinski definition) is 4. The molecule has 0 fully saturated rings. The van der Waals surface area contributed by atoms with Gasteiger partial charge in [-0.3, -0.25) is 4.79 Å². The number of ether oxygens (including phenoxy) is 1. The number of phenols is 1. The molecule has 0 saturated heterocycles. The van der Waals surface area contributed by atoms with Crippen LogP contribution in [0.3, 0.4) is 0 Å². The molecule has 0 saturated carbocycles. The number of pyridine rings is 1. The Bertz CT molecular complexity index is 803. The molecule has 1 N–H and O–H groups in total. The van der Waals surface area contributed by atoms with Crippen LogP contribution in [0.4, 0.5) is 0 Å². The molecule has 0 bridgehead atoms. The molecular weight excluding hydrogens is 328 g/mol. The van der Waals surface area contributed by atoms with Crippen LogP contribution >= 0.6 is 0 Å². The molecular formula is C21H26N2O3. The SMILES string of the molecule is CCCCC(CC)Cn1ccc(=O)c(OCc2ccc(O)cc2)c1C#N. The van der Waals surface area contributed by atoms with Gasteiger partial charge in [-0.25, -0.2) is 0 Å². The number of rotatable bonds is 9. The summed E-state index contributed by atoms with van der Waals surface area (Å²) in [7, 11) is 0. The summed E-state index contributed by atoms with van der Waals surface area (Å²) in [6.07, 6.45) is 6.12. The highest BCUT2D eigenvalue weighted by Crippen LogP contribution is 2.20. The van der Waals surface area contributed by atoms with Gasteiger partial charge in [0.05, 0.1) is 0 Å². The Kier molecular flexibility index (Phi) is 7.28. The van der Waals surface area contributed by atoms with Crippen LogP contribution in [0.15, 0.2) is 41.3 Å². The van der Waals surface area contributed by atoms with Gasteiger partial charge in [-0.05, 0) is 30.0 Å². The average molecular weight is 354 g/mol. The summed E-state index contributed by atoms with van der Waals surface area (Å²) in [6, 6.07) is 10.2. The van der Waals surface area contributed by atoms with Crippen molar-refractivity contribution < 1.29 is 9.84 Å². The number of phenolic OH excluding ortho intramolecular Hbond substituents is 1. The van der Waals surface area contributed by atoms with Crippen molar-refractivity contribution in [2.24, 2.45) is 5.92 Å². The first-order valence-corrected chi connectivity index (χ1v) is 9.13. The highest BCUT2D eigenvalue weighted by atomic mass is 16.5. The lowest BCUT2D eigenvalue weighted by Gasteiger charge is -2.19. The molecule has 0 amide bonds. The fraction of sp³-hybridized carbons (Fsp3) is 0.429. The number of hydrogen-bond donors (Lipinski definition) is 1. The van der Waals surface area contributed by atoms with Crippen molar-refractivity contribution in [2.45, 2.75) is 52.7 Å². The third-order valence-electron chi connectivity index (χ3n) is 4.56. The van der Waals surface area contributed by atoms with E-state index in [1.165, 1.54) is 6.07 Å². The van der Waals surface area contributed by atoms with Gasteiger partial charge in [-0.1, -0.05) is 45.2 Å². The Morgan fingerprint density at radius 1 is 1.23 bits per heavy atom. The average Bonchev–Trinajstić information content (AvgIpc) is 2.66. The van der Waals surface area contributed by atoms with E-state index in [1.54, 1.807) is 30.5 Å². The molecule has 0 aliphatic rings. The molecule has 1 aromatic carbocycles. The Hall–Kier alpha value is -2.74. The molecule has 26 heavy (non-hydrogen) atoms. The normalized spacial score (nSPS) is 11.7. The topological polar surface area (TPSA) is 75.2 Å². The van der Waals surface area contributed by atoms with Gasteiger partial charge < -0.3 is 14.4 Å². The van der Waals surface area contributed by atoms with Gasteiger partial charge in [-0.2, -0.15) is 5.26 Å². The highest BCUT2D eigenvalue weighted by molar-refractivity contribution is 5.38. The van der Waals surface area contributed by atoms with Gasteiger partial charge in [0, 0.05) is 18.8 Å². The number of aromatic nitrogens is 1. The molecule has 2 aromatic rings. The van der Waals surface area contributed by atoms with Crippen molar-refractivity contribution in [3.05, 3.63) is 58.0 Å². The van der Waals surface area contributed by atoms with Gasteiger partial charge in [0.2, 0.25) is 11.2 Å². The van der Waals surface area contributed by atoms with Crippen LogP contribution in [0, 0.1) is 17.2 Å². The van der Waals surface area contributed by atoms with Gasteiger partial charge in [-0.15, -0.1) is 0 Å². The van der Waals surface area contributed by atoms with Crippen molar-refractivity contribution in [2.75, 3.05) is 0 Å². The van der Waals surface area contributed by atoms with E-state index in [0.29, 0.717) is 12.5 Å². The lowest BCUT2D eigenvalue weighted by Crippen LogP contribution is -2.18. The predicted octanol–water partition coefficient (Wildman–Crippen LogP) is 4.22. The van der Waals surface area contributed by atoms with Gasteiger partial charge in [0.1, 0.15) is 18.4 Å². The first-order valence-electron chi connectivity index (χ1n) is 9.13. The van der Waals surface area contributed by atoms with Crippen LogP contribution in [0.1, 0.15) is 50.8 Å². The fourth-order valence-electron chi connectivity index (χ4n) is 2.90. The maximum atomic E-state index is 12.2. The summed E-state index contributed by atoms with van der Waals surface area (Å²) in [6.45, 7) is 5.19. The van der Waals surface area contributed by atoms with E-state index < -0.39 is 0 Å². The summed E-state index contributed by atoms with van der Waals surface area (Å²) < 4.78 is 7.52. The van der Waals surface area contributed by atoms with Gasteiger partial charge in [0.15, 0.2) is 5.69 Å². The summed E-state index contributed by atoms with van der Waals surface area (Å²) >= 11 is 0. The monoisotopic (exact) mass is 354 g/mol. The standard InChI is InChI=1S/C21H26N2O3/c1-3-5-6-16(4-2)14-23-12-11-20(25)21(19(23)13-22)26-15-17-7-9-18(24)10-8-17/h7-12,16,24H,3-6,14-15H2,1-2H3. The number of aromatic hydroxyl groups is 1. The van der Waals surface area contributed by atoms with E-state index in [4.69, 9.17) is 4.74 Å². The summed E-state index contributed by atoms with van der Waals surface area (Å²) in [5, 5.41) is 18.9. The zero-order valence-electron chi connectivity index (χ0n) is 15.4.